The van der Waals surface area contributed by atoms with Gasteiger partial charge in [-0.2, -0.15) is 0 Å². The molecular weight excluding hydrogens is 312 g/mol. The number of fused-ring (bicyclic) bond motifs is 1. The molecule has 3 rings (SSSR count). The zero-order valence-corrected chi connectivity index (χ0v) is 15.5. The van der Waals surface area contributed by atoms with E-state index >= 15 is 0 Å². The molecule has 132 valence electrons. The fraction of sp³-hybridized carbons (Fsp3) is 0.381. The monoisotopic (exact) mass is 338 g/mol. The minimum absolute atomic E-state index is 0.279. The van der Waals surface area contributed by atoms with E-state index in [1.807, 2.05) is 13.0 Å². The molecular formula is C21H26N2O2. The molecule has 2 aromatic rings. The van der Waals surface area contributed by atoms with Crippen molar-refractivity contribution < 1.29 is 9.53 Å². The van der Waals surface area contributed by atoms with E-state index in [0.29, 0.717) is 5.75 Å². The van der Waals surface area contributed by atoms with E-state index in [4.69, 9.17) is 4.74 Å². The normalized spacial score (nSPS) is 17.5. The summed E-state index contributed by atoms with van der Waals surface area (Å²) in [6, 6.07) is 14.8. The molecule has 4 nitrogen and oxygen atoms in total. The van der Waals surface area contributed by atoms with E-state index in [-0.39, 0.29) is 12.0 Å². The van der Waals surface area contributed by atoms with Gasteiger partial charge >= 0.3 is 6.09 Å². The summed E-state index contributed by atoms with van der Waals surface area (Å²) in [5, 5.41) is 0. The van der Waals surface area contributed by atoms with Gasteiger partial charge in [0.1, 0.15) is 5.75 Å². The Balaban J connectivity index is 2.05. The lowest BCUT2D eigenvalue weighted by molar-refractivity contribution is 0.171. The van der Waals surface area contributed by atoms with Gasteiger partial charge in [-0.15, -0.1) is 0 Å². The van der Waals surface area contributed by atoms with Crippen LogP contribution >= 0.6 is 0 Å². The number of aryl methyl sites for hydroxylation is 1. The second-order valence-corrected chi connectivity index (χ2v) is 7.05. The lowest BCUT2D eigenvalue weighted by Gasteiger charge is -2.23. The summed E-state index contributed by atoms with van der Waals surface area (Å²) in [6.45, 7) is 4.00. The number of nitrogens with zero attached hydrogens (tertiary/aromatic N) is 2. The third-order valence-corrected chi connectivity index (χ3v) is 4.83. The van der Waals surface area contributed by atoms with Crippen LogP contribution in [0.25, 0.3) is 0 Å². The molecule has 1 heterocycles. The Bertz CT molecular complexity index is 756. The first-order valence-corrected chi connectivity index (χ1v) is 8.71. The third-order valence-electron chi connectivity index (χ3n) is 4.83. The van der Waals surface area contributed by atoms with Crippen molar-refractivity contribution in [2.24, 2.45) is 0 Å². The maximum absolute atomic E-state index is 12.0. The SMILES string of the molecule is Cc1cc2c(cc1OC(=O)N(C)C)[C@H](c1ccccc1)CN(C)CC2. The zero-order valence-electron chi connectivity index (χ0n) is 15.5. The van der Waals surface area contributed by atoms with Crippen molar-refractivity contribution in [3.05, 3.63) is 64.7 Å². The van der Waals surface area contributed by atoms with Crippen molar-refractivity contribution in [3.8, 4) is 5.75 Å². The average Bonchev–Trinajstić information content (AvgIpc) is 2.75. The molecule has 0 N–H and O–H groups in total. The van der Waals surface area contributed by atoms with Crippen LogP contribution in [0, 0.1) is 6.92 Å². The lowest BCUT2D eigenvalue weighted by atomic mass is 9.87. The van der Waals surface area contributed by atoms with Crippen LogP contribution in [0.5, 0.6) is 5.75 Å². The van der Waals surface area contributed by atoms with Crippen LogP contribution in [0.2, 0.25) is 0 Å². The van der Waals surface area contributed by atoms with Gasteiger partial charge in [0.2, 0.25) is 0 Å². The fourth-order valence-corrected chi connectivity index (χ4v) is 3.38. The van der Waals surface area contributed by atoms with Crippen LogP contribution < -0.4 is 4.74 Å². The van der Waals surface area contributed by atoms with Crippen LogP contribution in [-0.4, -0.2) is 50.1 Å². The number of carbonyl (C=O) groups excluding carboxylic acids is 1. The summed E-state index contributed by atoms with van der Waals surface area (Å²) in [7, 11) is 5.56. The van der Waals surface area contributed by atoms with Gasteiger partial charge in [0.15, 0.2) is 0 Å². The average molecular weight is 338 g/mol. The first-order chi connectivity index (χ1) is 12.0. The maximum Gasteiger partial charge on any atom is 0.414 e. The third kappa shape index (κ3) is 3.85. The van der Waals surface area contributed by atoms with Crippen molar-refractivity contribution in [2.45, 2.75) is 19.3 Å². The number of hydrogen-bond donors (Lipinski definition) is 0. The highest BCUT2D eigenvalue weighted by Gasteiger charge is 2.25. The second kappa shape index (κ2) is 7.28. The number of hydrogen-bond acceptors (Lipinski definition) is 3. The Hall–Kier alpha value is -2.33. The lowest BCUT2D eigenvalue weighted by Crippen LogP contribution is -2.26. The summed E-state index contributed by atoms with van der Waals surface area (Å²) in [5.41, 5.74) is 4.92. The summed E-state index contributed by atoms with van der Waals surface area (Å²) < 4.78 is 5.60. The Morgan fingerprint density at radius 1 is 1.20 bits per heavy atom. The highest BCUT2D eigenvalue weighted by molar-refractivity contribution is 5.70. The van der Waals surface area contributed by atoms with E-state index < -0.39 is 0 Å². The highest BCUT2D eigenvalue weighted by atomic mass is 16.6. The zero-order chi connectivity index (χ0) is 18.0. The number of ether oxygens (including phenoxy) is 1. The number of amides is 1. The van der Waals surface area contributed by atoms with Gasteiger partial charge in [0, 0.05) is 33.1 Å². The summed E-state index contributed by atoms with van der Waals surface area (Å²) in [6.07, 6.45) is 0.669. The van der Waals surface area contributed by atoms with Gasteiger partial charge in [-0.1, -0.05) is 36.4 Å². The van der Waals surface area contributed by atoms with Gasteiger partial charge < -0.3 is 14.5 Å². The Morgan fingerprint density at radius 2 is 1.92 bits per heavy atom. The molecule has 4 heteroatoms. The van der Waals surface area contributed by atoms with Crippen LogP contribution in [0.15, 0.2) is 42.5 Å². The molecule has 0 saturated carbocycles. The number of carbonyl (C=O) groups is 1. The molecule has 0 aromatic heterocycles. The molecule has 25 heavy (non-hydrogen) atoms. The molecule has 1 atom stereocenters. The molecule has 1 aliphatic heterocycles. The van der Waals surface area contributed by atoms with Crippen molar-refractivity contribution in [1.82, 2.24) is 9.80 Å². The van der Waals surface area contributed by atoms with E-state index in [0.717, 1.165) is 25.1 Å². The van der Waals surface area contributed by atoms with Crippen LogP contribution in [0.1, 0.15) is 28.2 Å². The maximum atomic E-state index is 12.0. The second-order valence-electron chi connectivity index (χ2n) is 7.05. The van der Waals surface area contributed by atoms with E-state index in [1.165, 1.54) is 21.6 Å². The largest absolute Gasteiger partial charge is 0.414 e. The standard InChI is InChI=1S/C21H26N2O2/c1-15-12-17-10-11-23(4)14-19(16-8-6-5-7-9-16)18(17)13-20(15)25-21(24)22(2)3/h5-9,12-13,19H,10-11,14H2,1-4H3/t19-/m0/s1. The highest BCUT2D eigenvalue weighted by Crippen LogP contribution is 2.35. The molecule has 0 spiro atoms. The Labute approximate surface area is 150 Å². The van der Waals surface area contributed by atoms with Gasteiger partial charge in [-0.05, 0) is 48.7 Å². The number of likely N-dealkylation sites (N-methyl/N-ethyl adjacent to an activating group) is 1. The van der Waals surface area contributed by atoms with E-state index in [2.05, 4.69) is 48.3 Å². The van der Waals surface area contributed by atoms with Gasteiger partial charge in [-0.3, -0.25) is 0 Å². The Kier molecular flexibility index (Phi) is 5.09. The molecule has 0 saturated heterocycles. The quantitative estimate of drug-likeness (QED) is 0.837. The van der Waals surface area contributed by atoms with Gasteiger partial charge in [0.05, 0.1) is 0 Å². The summed E-state index contributed by atoms with van der Waals surface area (Å²) in [4.78, 5) is 15.8. The summed E-state index contributed by atoms with van der Waals surface area (Å²) >= 11 is 0. The van der Waals surface area contributed by atoms with Gasteiger partial charge in [-0.25, -0.2) is 4.79 Å². The molecule has 0 bridgehead atoms. The van der Waals surface area contributed by atoms with Crippen molar-refractivity contribution in [2.75, 3.05) is 34.2 Å². The van der Waals surface area contributed by atoms with Crippen LogP contribution in [0.3, 0.4) is 0 Å². The van der Waals surface area contributed by atoms with Crippen LogP contribution in [0.4, 0.5) is 4.79 Å². The molecule has 0 aliphatic carbocycles. The van der Waals surface area contributed by atoms with Crippen molar-refractivity contribution in [1.29, 1.82) is 0 Å². The van der Waals surface area contributed by atoms with Gasteiger partial charge in [0.25, 0.3) is 0 Å². The van der Waals surface area contributed by atoms with Crippen LogP contribution in [-0.2, 0) is 6.42 Å². The van der Waals surface area contributed by atoms with E-state index in [1.54, 1.807) is 14.1 Å². The van der Waals surface area contributed by atoms with E-state index in [9.17, 15) is 4.79 Å². The minimum Gasteiger partial charge on any atom is -0.410 e. The molecule has 1 amide bonds. The first-order valence-electron chi connectivity index (χ1n) is 8.71. The molecule has 0 fully saturated rings. The first kappa shape index (κ1) is 17.5. The fourth-order valence-electron chi connectivity index (χ4n) is 3.38. The molecule has 0 unspecified atom stereocenters. The van der Waals surface area contributed by atoms with Crippen molar-refractivity contribution >= 4 is 6.09 Å². The van der Waals surface area contributed by atoms with Crippen molar-refractivity contribution in [3.63, 3.8) is 0 Å². The Morgan fingerprint density at radius 3 is 2.60 bits per heavy atom. The smallest absolute Gasteiger partial charge is 0.410 e. The molecule has 2 aromatic carbocycles. The predicted molar refractivity (Wildman–Crippen MR) is 100 cm³/mol. The summed E-state index contributed by atoms with van der Waals surface area (Å²) in [5.74, 6) is 0.934. The molecule has 0 radical (unpaired) electrons. The predicted octanol–water partition coefficient (Wildman–Crippen LogP) is 3.68. The molecule has 1 aliphatic rings. The topological polar surface area (TPSA) is 32.8 Å². The number of rotatable bonds is 2. The number of benzene rings is 2. The minimum atomic E-state index is -0.343.